The first-order valence-electron chi connectivity index (χ1n) is 9.28. The maximum absolute atomic E-state index is 12.8. The second-order valence-corrected chi connectivity index (χ2v) is 6.90. The van der Waals surface area contributed by atoms with Crippen molar-refractivity contribution in [2.45, 2.75) is 20.4 Å². The molecule has 2 aromatic carbocycles. The van der Waals surface area contributed by atoms with Gasteiger partial charge in [-0.25, -0.2) is 4.98 Å². The number of ether oxygens (including phenoxy) is 1. The number of aromatic nitrogens is 5. The van der Waals surface area contributed by atoms with Crippen LogP contribution in [0.25, 0.3) is 16.9 Å². The van der Waals surface area contributed by atoms with Gasteiger partial charge in [-0.2, -0.15) is 4.68 Å². The molecule has 4 aromatic rings. The Hall–Kier alpha value is -4.01. The summed E-state index contributed by atoms with van der Waals surface area (Å²) in [5.74, 6) is 0.254. The number of hydrogen-bond acceptors (Lipinski definition) is 6. The van der Waals surface area contributed by atoms with Crippen LogP contribution in [0.4, 0.5) is 5.69 Å². The van der Waals surface area contributed by atoms with Gasteiger partial charge in [0.15, 0.2) is 11.2 Å². The predicted octanol–water partition coefficient (Wildman–Crippen LogP) is 2.24. The van der Waals surface area contributed by atoms with E-state index >= 15 is 0 Å². The average Bonchev–Trinajstić information content (AvgIpc) is 3.17. The van der Waals surface area contributed by atoms with Crippen molar-refractivity contribution in [1.82, 2.24) is 24.5 Å². The van der Waals surface area contributed by atoms with Crippen molar-refractivity contribution in [3.63, 3.8) is 0 Å². The first kappa shape index (κ1) is 19.3. The number of fused-ring (bicyclic) bond motifs is 1. The van der Waals surface area contributed by atoms with E-state index in [9.17, 15) is 9.59 Å². The van der Waals surface area contributed by atoms with Gasteiger partial charge in [0.2, 0.25) is 5.91 Å². The van der Waals surface area contributed by atoms with Crippen molar-refractivity contribution in [2.24, 2.45) is 0 Å². The number of nitrogens with one attached hydrogen (secondary N) is 1. The molecular weight excluding hydrogens is 384 g/mol. The minimum atomic E-state index is -0.434. The number of rotatable bonds is 5. The molecule has 0 aliphatic carbocycles. The number of hydrogen-bond donors (Lipinski definition) is 1. The first-order valence-corrected chi connectivity index (χ1v) is 9.28. The monoisotopic (exact) mass is 404 g/mol. The van der Waals surface area contributed by atoms with Crippen LogP contribution in [0.5, 0.6) is 5.75 Å². The number of benzene rings is 2. The summed E-state index contributed by atoms with van der Waals surface area (Å²) in [4.78, 5) is 29.5. The molecule has 0 aliphatic heterocycles. The Morgan fingerprint density at radius 1 is 1.13 bits per heavy atom. The Morgan fingerprint density at radius 3 is 2.73 bits per heavy atom. The second kappa shape index (κ2) is 7.78. The molecular formula is C21H20N6O3. The highest BCUT2D eigenvalue weighted by molar-refractivity contribution is 5.90. The van der Waals surface area contributed by atoms with Crippen molar-refractivity contribution < 1.29 is 9.53 Å². The third kappa shape index (κ3) is 3.64. The largest absolute Gasteiger partial charge is 0.497 e. The highest BCUT2D eigenvalue weighted by Crippen LogP contribution is 2.17. The summed E-state index contributed by atoms with van der Waals surface area (Å²) in [6.07, 6.45) is 1.33. The molecule has 1 N–H and O–H groups in total. The SMILES string of the molecule is COc1cccc(NC(=O)Cn2cnc3c(nnn3-c3ccc(C)c(C)c3)c2=O)c1. The summed E-state index contributed by atoms with van der Waals surface area (Å²) in [6, 6.07) is 12.8. The summed E-state index contributed by atoms with van der Waals surface area (Å²) in [5, 5.41) is 10.8. The molecule has 0 bridgehead atoms. The molecule has 2 aromatic heterocycles. The molecule has 9 nitrogen and oxygen atoms in total. The zero-order valence-electron chi connectivity index (χ0n) is 16.8. The lowest BCUT2D eigenvalue weighted by molar-refractivity contribution is -0.116. The van der Waals surface area contributed by atoms with Gasteiger partial charge in [0.25, 0.3) is 5.56 Å². The Balaban J connectivity index is 1.60. The van der Waals surface area contributed by atoms with E-state index in [0.717, 1.165) is 16.8 Å². The van der Waals surface area contributed by atoms with Crippen LogP contribution < -0.4 is 15.6 Å². The average molecular weight is 404 g/mol. The zero-order valence-corrected chi connectivity index (χ0v) is 16.8. The third-order valence-corrected chi connectivity index (χ3v) is 4.83. The number of methoxy groups -OCH3 is 1. The van der Waals surface area contributed by atoms with Crippen LogP contribution in [0.1, 0.15) is 11.1 Å². The fourth-order valence-electron chi connectivity index (χ4n) is 3.04. The van der Waals surface area contributed by atoms with Crippen molar-refractivity contribution >= 4 is 22.8 Å². The summed E-state index contributed by atoms with van der Waals surface area (Å²) in [7, 11) is 1.55. The molecule has 0 fully saturated rings. The Bertz CT molecular complexity index is 1310. The van der Waals surface area contributed by atoms with Gasteiger partial charge in [-0.3, -0.25) is 14.2 Å². The highest BCUT2D eigenvalue weighted by atomic mass is 16.5. The molecule has 0 unspecified atom stereocenters. The summed E-state index contributed by atoms with van der Waals surface area (Å²) < 4.78 is 7.86. The van der Waals surface area contributed by atoms with E-state index in [1.807, 2.05) is 32.0 Å². The van der Waals surface area contributed by atoms with Crippen LogP contribution in [0.3, 0.4) is 0 Å². The molecule has 0 saturated heterocycles. The normalized spacial score (nSPS) is 10.9. The molecule has 4 rings (SSSR count). The summed E-state index contributed by atoms with van der Waals surface area (Å²) in [6.45, 7) is 3.82. The van der Waals surface area contributed by atoms with Crippen molar-refractivity contribution in [2.75, 3.05) is 12.4 Å². The van der Waals surface area contributed by atoms with Crippen molar-refractivity contribution in [1.29, 1.82) is 0 Å². The number of carbonyl (C=O) groups is 1. The lowest BCUT2D eigenvalue weighted by atomic mass is 10.1. The Labute approximate surface area is 171 Å². The maximum atomic E-state index is 12.8. The van der Waals surface area contributed by atoms with Gasteiger partial charge < -0.3 is 10.1 Å². The van der Waals surface area contributed by atoms with Gasteiger partial charge in [0.1, 0.15) is 18.6 Å². The van der Waals surface area contributed by atoms with Crippen LogP contribution in [-0.4, -0.2) is 37.6 Å². The van der Waals surface area contributed by atoms with Gasteiger partial charge in [0, 0.05) is 11.8 Å². The van der Waals surface area contributed by atoms with E-state index in [-0.39, 0.29) is 18.0 Å². The van der Waals surface area contributed by atoms with Crippen LogP contribution in [0, 0.1) is 13.8 Å². The first-order chi connectivity index (χ1) is 14.5. The van der Waals surface area contributed by atoms with Crippen molar-refractivity contribution in [3.8, 4) is 11.4 Å². The summed E-state index contributed by atoms with van der Waals surface area (Å²) in [5.41, 5.74) is 3.59. The van der Waals surface area contributed by atoms with Gasteiger partial charge in [-0.15, -0.1) is 5.10 Å². The Morgan fingerprint density at radius 2 is 1.97 bits per heavy atom. The Kier molecular flexibility index (Phi) is 5.01. The second-order valence-electron chi connectivity index (χ2n) is 6.90. The van der Waals surface area contributed by atoms with Crippen LogP contribution in [0.2, 0.25) is 0 Å². The molecule has 9 heteroatoms. The van der Waals surface area contributed by atoms with Crippen molar-refractivity contribution in [3.05, 3.63) is 70.3 Å². The molecule has 0 atom stereocenters. The van der Waals surface area contributed by atoms with E-state index in [1.165, 1.54) is 15.6 Å². The van der Waals surface area contributed by atoms with E-state index in [1.54, 1.807) is 31.4 Å². The number of carbonyl (C=O) groups excluding carboxylic acids is 1. The van der Waals surface area contributed by atoms with Crippen LogP contribution in [-0.2, 0) is 11.3 Å². The maximum Gasteiger partial charge on any atom is 0.284 e. The predicted molar refractivity (Wildman–Crippen MR) is 112 cm³/mol. The van der Waals surface area contributed by atoms with Crippen LogP contribution >= 0.6 is 0 Å². The highest BCUT2D eigenvalue weighted by Gasteiger charge is 2.15. The van der Waals surface area contributed by atoms with E-state index in [2.05, 4.69) is 20.6 Å². The number of aryl methyl sites for hydroxylation is 2. The number of amides is 1. The molecule has 152 valence electrons. The van der Waals surface area contributed by atoms with Gasteiger partial charge in [-0.05, 0) is 49.2 Å². The molecule has 2 heterocycles. The topological polar surface area (TPSA) is 104 Å². The van der Waals surface area contributed by atoms with Gasteiger partial charge in [-0.1, -0.05) is 17.3 Å². The fourth-order valence-corrected chi connectivity index (χ4v) is 3.04. The lowest BCUT2D eigenvalue weighted by Gasteiger charge is -2.08. The smallest absolute Gasteiger partial charge is 0.284 e. The molecule has 0 spiro atoms. The fraction of sp³-hybridized carbons (Fsp3) is 0.190. The number of anilines is 1. The van der Waals surface area contributed by atoms with E-state index in [0.29, 0.717) is 17.1 Å². The van der Waals surface area contributed by atoms with Gasteiger partial charge >= 0.3 is 0 Å². The van der Waals surface area contributed by atoms with E-state index < -0.39 is 5.56 Å². The minimum absolute atomic E-state index is 0.102. The summed E-state index contributed by atoms with van der Waals surface area (Å²) >= 11 is 0. The quantitative estimate of drug-likeness (QED) is 0.547. The minimum Gasteiger partial charge on any atom is -0.497 e. The van der Waals surface area contributed by atoms with E-state index in [4.69, 9.17) is 4.74 Å². The third-order valence-electron chi connectivity index (χ3n) is 4.83. The molecule has 0 saturated carbocycles. The molecule has 30 heavy (non-hydrogen) atoms. The van der Waals surface area contributed by atoms with Gasteiger partial charge in [0.05, 0.1) is 12.8 Å². The van der Waals surface area contributed by atoms with Crippen LogP contribution in [0.15, 0.2) is 53.6 Å². The molecule has 0 radical (unpaired) electrons. The standard InChI is InChI=1S/C21H20N6O3/c1-13-7-8-16(9-14(13)2)27-20-19(24-25-27)21(29)26(12-22-20)11-18(28)23-15-5-4-6-17(10-15)30-3/h4-10,12H,11H2,1-3H3,(H,23,28). The molecule has 1 amide bonds. The number of nitrogens with zero attached hydrogens (tertiary/aromatic N) is 5. The zero-order chi connectivity index (χ0) is 21.3. The lowest BCUT2D eigenvalue weighted by Crippen LogP contribution is -2.28. The molecule has 0 aliphatic rings.